The quantitative estimate of drug-likeness (QED) is 0.734. The fourth-order valence-electron chi connectivity index (χ4n) is 3.65. The maximum Gasteiger partial charge on any atom is 0.321 e. The molecule has 0 aliphatic carbocycles. The molecule has 0 atom stereocenters. The van der Waals surface area contributed by atoms with Crippen molar-refractivity contribution in [3.63, 3.8) is 0 Å². The molecule has 0 unspecified atom stereocenters. The van der Waals surface area contributed by atoms with Crippen molar-refractivity contribution in [3.8, 4) is 0 Å². The minimum absolute atomic E-state index is 0.105. The van der Waals surface area contributed by atoms with Gasteiger partial charge in [-0.05, 0) is 37.5 Å². The molecule has 0 bridgehead atoms. The predicted octanol–water partition coefficient (Wildman–Crippen LogP) is 1.96. The number of likely N-dealkylation sites (tertiary alicyclic amines) is 1. The van der Waals surface area contributed by atoms with Crippen LogP contribution in [0.25, 0.3) is 0 Å². The number of sulfonamides is 1. The van der Waals surface area contributed by atoms with E-state index in [1.165, 1.54) is 15.6 Å². The molecule has 2 aliphatic rings. The van der Waals surface area contributed by atoms with Gasteiger partial charge in [-0.2, -0.15) is 0 Å². The predicted molar refractivity (Wildman–Crippen MR) is 114 cm³/mol. The lowest BCUT2D eigenvalue weighted by Crippen LogP contribution is -2.43. The second kappa shape index (κ2) is 8.56. The van der Waals surface area contributed by atoms with Crippen LogP contribution in [0.2, 0.25) is 0 Å². The van der Waals surface area contributed by atoms with E-state index in [4.69, 9.17) is 0 Å². The summed E-state index contributed by atoms with van der Waals surface area (Å²) >= 11 is 1.26. The van der Waals surface area contributed by atoms with Gasteiger partial charge in [-0.15, -0.1) is 10.2 Å². The first-order chi connectivity index (χ1) is 14.4. The highest BCUT2D eigenvalue weighted by Crippen LogP contribution is 2.27. The van der Waals surface area contributed by atoms with E-state index in [2.05, 4.69) is 20.8 Å². The van der Waals surface area contributed by atoms with Crippen molar-refractivity contribution in [2.24, 2.45) is 5.92 Å². The number of nitrogens with zero attached hydrogens (tertiary/aromatic N) is 4. The van der Waals surface area contributed by atoms with Crippen LogP contribution in [-0.4, -0.2) is 60.8 Å². The molecule has 0 radical (unpaired) electrons. The number of urea groups is 1. The van der Waals surface area contributed by atoms with E-state index in [1.807, 2.05) is 0 Å². The lowest BCUT2D eigenvalue weighted by atomic mass is 9.96. The van der Waals surface area contributed by atoms with Crippen LogP contribution >= 0.6 is 11.3 Å². The van der Waals surface area contributed by atoms with E-state index in [1.54, 1.807) is 34.7 Å². The molecule has 3 heterocycles. The van der Waals surface area contributed by atoms with Crippen LogP contribution in [0.3, 0.4) is 0 Å². The van der Waals surface area contributed by atoms with Gasteiger partial charge in [-0.1, -0.05) is 17.4 Å². The van der Waals surface area contributed by atoms with Crippen LogP contribution in [0.15, 0.2) is 29.8 Å². The number of hydrogen-bond donors (Lipinski definition) is 2. The van der Waals surface area contributed by atoms with Crippen molar-refractivity contribution in [1.29, 1.82) is 0 Å². The summed E-state index contributed by atoms with van der Waals surface area (Å²) in [5, 5.41) is 13.5. The largest absolute Gasteiger partial charge is 0.324 e. The number of piperidine rings is 1. The number of carbonyl (C=O) groups is 2. The second-order valence-corrected chi connectivity index (χ2v) is 10.1. The smallest absolute Gasteiger partial charge is 0.321 e. The SMILES string of the molecule is O=C(Nc1nncs1)C1CCN(C(=O)Nc2cccc(N3CCCS3(=O)=O)c2)CC1. The van der Waals surface area contributed by atoms with E-state index in [-0.39, 0.29) is 23.6 Å². The van der Waals surface area contributed by atoms with Gasteiger partial charge >= 0.3 is 6.03 Å². The molecule has 2 saturated heterocycles. The Hall–Kier alpha value is -2.73. The van der Waals surface area contributed by atoms with Gasteiger partial charge in [0.1, 0.15) is 5.51 Å². The Morgan fingerprint density at radius 3 is 2.60 bits per heavy atom. The summed E-state index contributed by atoms with van der Waals surface area (Å²) in [5.74, 6) is -0.140. The summed E-state index contributed by atoms with van der Waals surface area (Å²) in [7, 11) is -3.27. The molecular weight excluding hydrogens is 428 g/mol. The highest BCUT2D eigenvalue weighted by atomic mass is 32.2. The number of hydrogen-bond acceptors (Lipinski definition) is 7. The minimum Gasteiger partial charge on any atom is -0.324 e. The maximum absolute atomic E-state index is 12.6. The van der Waals surface area contributed by atoms with Gasteiger partial charge in [0.15, 0.2) is 0 Å². The van der Waals surface area contributed by atoms with Gasteiger partial charge in [0, 0.05) is 31.2 Å². The number of aromatic nitrogens is 2. The molecule has 4 rings (SSSR count). The lowest BCUT2D eigenvalue weighted by molar-refractivity contribution is -0.121. The van der Waals surface area contributed by atoms with Gasteiger partial charge < -0.3 is 15.5 Å². The fraction of sp³-hybridized carbons (Fsp3) is 0.444. The first-order valence-electron chi connectivity index (χ1n) is 9.66. The molecule has 12 heteroatoms. The number of anilines is 3. The monoisotopic (exact) mass is 450 g/mol. The van der Waals surface area contributed by atoms with E-state index in [0.29, 0.717) is 55.4 Å². The van der Waals surface area contributed by atoms with E-state index >= 15 is 0 Å². The zero-order valence-corrected chi connectivity index (χ0v) is 17.8. The first kappa shape index (κ1) is 20.5. The molecule has 2 aliphatic heterocycles. The van der Waals surface area contributed by atoms with Crippen molar-refractivity contribution in [2.75, 3.05) is 40.3 Å². The van der Waals surface area contributed by atoms with Crippen LogP contribution in [0.5, 0.6) is 0 Å². The van der Waals surface area contributed by atoms with Crippen molar-refractivity contribution < 1.29 is 18.0 Å². The number of benzene rings is 1. The normalized spacial score (nSPS) is 18.9. The molecular formula is C18H22N6O4S2. The standard InChI is InChI=1S/C18H22N6O4S2/c25-16(21-17-22-19-12-29-17)13-5-8-23(9-6-13)18(26)20-14-3-1-4-15(11-14)24-7-2-10-30(24,27)28/h1,3-4,11-13H,2,5-10H2,(H,20,26)(H,21,22,25). The molecule has 3 amide bonds. The summed E-state index contributed by atoms with van der Waals surface area (Å²) in [6.07, 6.45) is 1.72. The number of rotatable bonds is 4. The zero-order valence-electron chi connectivity index (χ0n) is 16.2. The molecule has 1 aromatic heterocycles. The Morgan fingerprint density at radius 1 is 1.13 bits per heavy atom. The van der Waals surface area contributed by atoms with E-state index in [9.17, 15) is 18.0 Å². The van der Waals surface area contributed by atoms with Crippen LogP contribution in [0, 0.1) is 5.92 Å². The highest BCUT2D eigenvalue weighted by molar-refractivity contribution is 7.93. The van der Waals surface area contributed by atoms with Gasteiger partial charge in [0.2, 0.25) is 21.1 Å². The second-order valence-electron chi connectivity index (χ2n) is 7.22. The number of nitrogens with one attached hydrogen (secondary N) is 2. The Bertz CT molecular complexity index is 1020. The average molecular weight is 451 g/mol. The van der Waals surface area contributed by atoms with Gasteiger partial charge in [-0.3, -0.25) is 9.10 Å². The third-order valence-corrected chi connectivity index (χ3v) is 7.70. The van der Waals surface area contributed by atoms with Gasteiger partial charge in [0.05, 0.1) is 11.4 Å². The molecule has 2 fully saturated rings. The molecule has 0 saturated carbocycles. The summed E-state index contributed by atoms with van der Waals surface area (Å²) in [6.45, 7) is 1.37. The molecule has 10 nitrogen and oxygen atoms in total. The minimum atomic E-state index is -3.27. The van der Waals surface area contributed by atoms with Crippen molar-refractivity contribution in [1.82, 2.24) is 15.1 Å². The van der Waals surface area contributed by atoms with Crippen LogP contribution in [0.1, 0.15) is 19.3 Å². The maximum atomic E-state index is 12.6. The summed E-state index contributed by atoms with van der Waals surface area (Å²) in [6, 6.07) is 6.58. The van der Waals surface area contributed by atoms with Crippen LogP contribution < -0.4 is 14.9 Å². The molecule has 30 heavy (non-hydrogen) atoms. The van der Waals surface area contributed by atoms with Crippen molar-refractivity contribution in [3.05, 3.63) is 29.8 Å². The average Bonchev–Trinajstić information content (AvgIpc) is 3.37. The topological polar surface area (TPSA) is 125 Å². The third kappa shape index (κ3) is 4.54. The fourth-order valence-corrected chi connectivity index (χ4v) is 5.65. The van der Waals surface area contributed by atoms with E-state index < -0.39 is 10.0 Å². The van der Waals surface area contributed by atoms with Crippen LogP contribution in [0.4, 0.5) is 21.3 Å². The molecule has 160 valence electrons. The lowest BCUT2D eigenvalue weighted by Gasteiger charge is -2.31. The number of amides is 3. The third-order valence-electron chi connectivity index (χ3n) is 5.23. The summed E-state index contributed by atoms with van der Waals surface area (Å²) < 4.78 is 25.6. The van der Waals surface area contributed by atoms with Crippen molar-refractivity contribution >= 4 is 49.8 Å². The van der Waals surface area contributed by atoms with E-state index in [0.717, 1.165) is 0 Å². The Morgan fingerprint density at radius 2 is 1.93 bits per heavy atom. The Labute approximate surface area is 178 Å². The Balaban J connectivity index is 1.32. The summed E-state index contributed by atoms with van der Waals surface area (Å²) in [5.41, 5.74) is 2.64. The molecule has 0 spiro atoms. The molecule has 2 N–H and O–H groups in total. The number of carbonyl (C=O) groups excluding carboxylic acids is 2. The first-order valence-corrected chi connectivity index (χ1v) is 12.1. The molecule has 1 aromatic carbocycles. The van der Waals surface area contributed by atoms with Crippen molar-refractivity contribution in [2.45, 2.75) is 19.3 Å². The highest BCUT2D eigenvalue weighted by Gasteiger charge is 2.30. The van der Waals surface area contributed by atoms with Crippen LogP contribution in [-0.2, 0) is 14.8 Å². The zero-order chi connectivity index (χ0) is 21.1. The van der Waals surface area contributed by atoms with Gasteiger partial charge in [-0.25, -0.2) is 13.2 Å². The Kier molecular flexibility index (Phi) is 5.86. The summed E-state index contributed by atoms with van der Waals surface area (Å²) in [4.78, 5) is 26.6. The van der Waals surface area contributed by atoms with Gasteiger partial charge in [0.25, 0.3) is 0 Å². The molecule has 2 aromatic rings.